The van der Waals surface area contributed by atoms with E-state index in [0.29, 0.717) is 34.5 Å². The molecule has 1 amide bonds. The number of ketones is 1. The van der Waals surface area contributed by atoms with Crippen molar-refractivity contribution in [3.05, 3.63) is 77.7 Å². The normalized spacial score (nSPS) is 13.6. The molecule has 1 aliphatic carbocycles. The largest absolute Gasteiger partial charge is 0.366 e. The number of hydrogen-bond acceptors (Lipinski definition) is 4. The zero-order chi connectivity index (χ0) is 19.0. The van der Waals surface area contributed by atoms with Crippen LogP contribution < -0.4 is 5.73 Å². The third-order valence-electron chi connectivity index (χ3n) is 4.55. The molecule has 6 nitrogen and oxygen atoms in total. The number of nitrogens with one attached hydrogen (secondary N) is 2. The topological polar surface area (TPSA) is 113 Å². The van der Waals surface area contributed by atoms with E-state index < -0.39 is 5.91 Å². The molecule has 0 radical (unpaired) electrons. The second-order valence-electron chi connectivity index (χ2n) is 6.32. The number of allylic oxidation sites excluding steroid dienone is 4. The zero-order valence-corrected chi connectivity index (χ0v) is 14.3. The maximum absolute atomic E-state index is 12.9. The number of aromatic nitrogens is 2. The van der Waals surface area contributed by atoms with Gasteiger partial charge in [0.25, 0.3) is 0 Å². The first-order valence-corrected chi connectivity index (χ1v) is 8.40. The summed E-state index contributed by atoms with van der Waals surface area (Å²) in [5, 5.41) is 8.33. The molecule has 0 unspecified atom stereocenters. The van der Waals surface area contributed by atoms with Crippen molar-refractivity contribution in [3.8, 4) is 11.1 Å². The number of fused-ring (bicyclic) bond motifs is 1. The predicted molar refractivity (Wildman–Crippen MR) is 104 cm³/mol. The number of carbonyl (C=O) groups excluding carboxylic acids is 2. The van der Waals surface area contributed by atoms with Gasteiger partial charge in [0.05, 0.1) is 0 Å². The Bertz CT molecular complexity index is 1150. The summed E-state index contributed by atoms with van der Waals surface area (Å²) < 4.78 is 0. The van der Waals surface area contributed by atoms with Crippen molar-refractivity contribution in [1.29, 1.82) is 5.41 Å². The monoisotopic (exact) mass is 356 g/mol. The summed E-state index contributed by atoms with van der Waals surface area (Å²) in [6, 6.07) is 8.83. The average molecular weight is 356 g/mol. The van der Waals surface area contributed by atoms with Gasteiger partial charge in [-0.25, -0.2) is 4.98 Å². The molecule has 0 saturated heterocycles. The summed E-state index contributed by atoms with van der Waals surface area (Å²) in [6.07, 6.45) is 8.92. The highest BCUT2D eigenvalue weighted by molar-refractivity contribution is 6.18. The molecule has 1 aliphatic rings. The molecule has 0 fully saturated rings. The summed E-state index contributed by atoms with van der Waals surface area (Å²) >= 11 is 0. The standard InChI is InChI=1S/C21H16N4O2/c22-16-7-5-13(6-8-16)19(26)18-11-25-21-17(18)9-15(10-24-21)12-1-3-14(4-2-12)20(23)27/h1-7,9-11,22H,8H2,(H2,23,27)(H,24,25). The van der Waals surface area contributed by atoms with Crippen molar-refractivity contribution >= 4 is 28.4 Å². The number of Topliss-reactive ketones (excluding diaryl/α,β-unsaturated/α-hetero) is 1. The molecule has 0 spiro atoms. The van der Waals surface area contributed by atoms with Gasteiger partial charge >= 0.3 is 0 Å². The Kier molecular flexibility index (Phi) is 4.01. The lowest BCUT2D eigenvalue weighted by Gasteiger charge is -2.07. The van der Waals surface area contributed by atoms with Crippen molar-refractivity contribution < 1.29 is 9.59 Å². The predicted octanol–water partition coefficient (Wildman–Crippen LogP) is 3.42. The van der Waals surface area contributed by atoms with Crippen molar-refractivity contribution in [2.24, 2.45) is 5.73 Å². The number of rotatable bonds is 4. The average Bonchev–Trinajstić information content (AvgIpc) is 3.11. The van der Waals surface area contributed by atoms with E-state index in [4.69, 9.17) is 11.1 Å². The molecule has 27 heavy (non-hydrogen) atoms. The van der Waals surface area contributed by atoms with Gasteiger partial charge in [0.15, 0.2) is 5.78 Å². The summed E-state index contributed by atoms with van der Waals surface area (Å²) in [7, 11) is 0. The summed E-state index contributed by atoms with van der Waals surface area (Å²) in [5.41, 5.74) is 9.65. The van der Waals surface area contributed by atoms with E-state index in [1.54, 1.807) is 54.9 Å². The first-order chi connectivity index (χ1) is 13.0. The number of pyridine rings is 1. The van der Waals surface area contributed by atoms with Crippen LogP contribution in [0.25, 0.3) is 22.2 Å². The highest BCUT2D eigenvalue weighted by Gasteiger charge is 2.18. The minimum Gasteiger partial charge on any atom is -0.366 e. The molecule has 0 atom stereocenters. The fraction of sp³-hybridized carbons (Fsp3) is 0.0476. The minimum atomic E-state index is -0.476. The van der Waals surface area contributed by atoms with E-state index in [1.165, 1.54) is 0 Å². The Balaban J connectivity index is 1.73. The van der Waals surface area contributed by atoms with E-state index >= 15 is 0 Å². The smallest absolute Gasteiger partial charge is 0.248 e. The van der Waals surface area contributed by atoms with Gasteiger partial charge in [0.2, 0.25) is 5.91 Å². The Morgan fingerprint density at radius 2 is 1.89 bits per heavy atom. The second-order valence-corrected chi connectivity index (χ2v) is 6.32. The fourth-order valence-corrected chi connectivity index (χ4v) is 3.05. The lowest BCUT2D eigenvalue weighted by atomic mass is 9.97. The van der Waals surface area contributed by atoms with Crippen LogP contribution in [0.4, 0.5) is 0 Å². The number of carbonyl (C=O) groups is 2. The first kappa shape index (κ1) is 16.7. The van der Waals surface area contributed by atoms with E-state index in [-0.39, 0.29) is 5.78 Å². The molecule has 1 aromatic carbocycles. The van der Waals surface area contributed by atoms with E-state index in [0.717, 1.165) is 16.5 Å². The maximum atomic E-state index is 12.9. The summed E-state index contributed by atoms with van der Waals surface area (Å²) in [6.45, 7) is 0. The molecule has 3 aromatic rings. The van der Waals surface area contributed by atoms with Gasteiger partial charge in [-0.1, -0.05) is 18.2 Å². The number of benzene rings is 1. The number of nitrogens with two attached hydrogens (primary N) is 1. The van der Waals surface area contributed by atoms with Crippen LogP contribution in [0.15, 0.2) is 66.5 Å². The Hall–Kier alpha value is -3.80. The van der Waals surface area contributed by atoms with E-state index in [1.807, 2.05) is 6.07 Å². The van der Waals surface area contributed by atoms with Gasteiger partial charge in [-0.15, -0.1) is 0 Å². The van der Waals surface area contributed by atoms with Gasteiger partial charge in [0.1, 0.15) is 5.65 Å². The van der Waals surface area contributed by atoms with Crippen molar-refractivity contribution in [3.63, 3.8) is 0 Å². The second kappa shape index (κ2) is 6.49. The van der Waals surface area contributed by atoms with Gasteiger partial charge in [-0.3, -0.25) is 9.59 Å². The van der Waals surface area contributed by atoms with Gasteiger partial charge < -0.3 is 16.1 Å². The fourth-order valence-electron chi connectivity index (χ4n) is 3.05. The molecule has 0 saturated carbocycles. The van der Waals surface area contributed by atoms with E-state index in [2.05, 4.69) is 9.97 Å². The lowest BCUT2D eigenvalue weighted by Crippen LogP contribution is -2.10. The quantitative estimate of drug-likeness (QED) is 0.622. The minimum absolute atomic E-state index is 0.104. The van der Waals surface area contributed by atoms with Crippen LogP contribution in [0.3, 0.4) is 0 Å². The Labute approximate surface area is 154 Å². The van der Waals surface area contributed by atoms with Crippen LogP contribution >= 0.6 is 0 Å². The number of nitrogens with zero attached hydrogens (tertiary/aromatic N) is 1. The molecule has 132 valence electrons. The van der Waals surface area contributed by atoms with Crippen LogP contribution in [0.5, 0.6) is 0 Å². The maximum Gasteiger partial charge on any atom is 0.248 e. The molecule has 4 N–H and O–H groups in total. The van der Waals surface area contributed by atoms with Crippen molar-refractivity contribution in [2.45, 2.75) is 6.42 Å². The van der Waals surface area contributed by atoms with Crippen LogP contribution in [0.1, 0.15) is 27.1 Å². The molecule has 2 aromatic heterocycles. The van der Waals surface area contributed by atoms with Crippen molar-refractivity contribution in [1.82, 2.24) is 9.97 Å². The molecule has 6 heteroatoms. The summed E-state index contributed by atoms with van der Waals surface area (Å²) in [4.78, 5) is 31.5. The SMILES string of the molecule is N=C1C=CC(C(=O)c2c[nH]c3ncc(-c4ccc(C(N)=O)cc4)cc23)=CC1. The third kappa shape index (κ3) is 3.08. The van der Waals surface area contributed by atoms with E-state index in [9.17, 15) is 9.59 Å². The number of primary amides is 1. The molecular weight excluding hydrogens is 340 g/mol. The Morgan fingerprint density at radius 1 is 1.11 bits per heavy atom. The van der Waals surface area contributed by atoms with Crippen LogP contribution in [-0.4, -0.2) is 27.4 Å². The number of H-pyrrole nitrogens is 1. The Morgan fingerprint density at radius 3 is 2.56 bits per heavy atom. The lowest BCUT2D eigenvalue weighted by molar-refractivity contribution is 0.0998. The molecule has 4 rings (SSSR count). The molecule has 2 heterocycles. The van der Waals surface area contributed by atoms with Gasteiger partial charge in [-0.05, 0) is 35.9 Å². The molecule has 0 bridgehead atoms. The van der Waals surface area contributed by atoms with Gasteiger partial charge in [-0.2, -0.15) is 0 Å². The van der Waals surface area contributed by atoms with Crippen LogP contribution in [0.2, 0.25) is 0 Å². The highest BCUT2D eigenvalue weighted by Crippen LogP contribution is 2.27. The number of hydrogen-bond donors (Lipinski definition) is 3. The molecule has 0 aliphatic heterocycles. The molecular formula is C21H16N4O2. The third-order valence-corrected chi connectivity index (χ3v) is 4.55. The number of aromatic amines is 1. The van der Waals surface area contributed by atoms with Crippen LogP contribution in [0, 0.1) is 5.41 Å². The highest BCUT2D eigenvalue weighted by atomic mass is 16.1. The van der Waals surface area contributed by atoms with Crippen LogP contribution in [-0.2, 0) is 0 Å². The van der Waals surface area contributed by atoms with Crippen molar-refractivity contribution in [2.75, 3.05) is 0 Å². The first-order valence-electron chi connectivity index (χ1n) is 8.40. The number of amides is 1. The summed E-state index contributed by atoms with van der Waals surface area (Å²) in [5.74, 6) is -0.580. The van der Waals surface area contributed by atoms with Gasteiger partial charge in [0, 0.05) is 52.2 Å². The zero-order valence-electron chi connectivity index (χ0n) is 14.3.